The zero-order chi connectivity index (χ0) is 25.9. The maximum absolute atomic E-state index is 14.1. The summed E-state index contributed by atoms with van der Waals surface area (Å²) in [5.74, 6) is 6.93. The predicted molar refractivity (Wildman–Crippen MR) is 144 cm³/mol. The SMILES string of the molecule is COC(=O)c1sc(C#CC(C)(C)C)cc1N(C(=O)C1CCC(C)CC1)C1CCC(N2C=CNN2)CC1. The Morgan fingerprint density at radius 3 is 2.39 bits per heavy atom. The smallest absolute Gasteiger partial charge is 0.350 e. The number of hydrazine groups is 2. The van der Waals surface area contributed by atoms with Crippen LogP contribution in [-0.2, 0) is 9.53 Å². The Morgan fingerprint density at radius 1 is 1.11 bits per heavy atom. The van der Waals surface area contributed by atoms with E-state index >= 15 is 0 Å². The van der Waals surface area contributed by atoms with Crippen LogP contribution in [0.2, 0.25) is 0 Å². The minimum atomic E-state index is -0.403. The zero-order valence-electron chi connectivity index (χ0n) is 22.2. The number of nitrogens with zero attached hydrogens (tertiary/aromatic N) is 2. The van der Waals surface area contributed by atoms with Crippen molar-refractivity contribution < 1.29 is 14.3 Å². The van der Waals surface area contributed by atoms with Crippen LogP contribution in [0.5, 0.6) is 0 Å². The normalized spacial score (nSPS) is 26.1. The second kappa shape index (κ2) is 11.3. The van der Waals surface area contributed by atoms with Gasteiger partial charge in [-0.05, 0) is 84.1 Å². The third-order valence-electron chi connectivity index (χ3n) is 7.44. The quantitative estimate of drug-likeness (QED) is 0.417. The number of thiophene rings is 1. The van der Waals surface area contributed by atoms with Gasteiger partial charge >= 0.3 is 5.97 Å². The minimum Gasteiger partial charge on any atom is -0.465 e. The monoisotopic (exact) mass is 512 g/mol. The van der Waals surface area contributed by atoms with Crippen molar-refractivity contribution in [1.82, 2.24) is 16.0 Å². The van der Waals surface area contributed by atoms with E-state index in [1.165, 1.54) is 18.4 Å². The zero-order valence-corrected chi connectivity index (χ0v) is 23.0. The average Bonchev–Trinajstić information content (AvgIpc) is 3.54. The molecule has 0 atom stereocenters. The van der Waals surface area contributed by atoms with Gasteiger partial charge in [0.2, 0.25) is 5.91 Å². The van der Waals surface area contributed by atoms with Crippen LogP contribution < -0.4 is 15.9 Å². The Morgan fingerprint density at radius 2 is 1.81 bits per heavy atom. The maximum atomic E-state index is 14.1. The Balaban J connectivity index is 1.66. The van der Waals surface area contributed by atoms with Crippen molar-refractivity contribution in [3.63, 3.8) is 0 Å². The van der Waals surface area contributed by atoms with Gasteiger partial charge in [0, 0.05) is 35.8 Å². The summed E-state index contributed by atoms with van der Waals surface area (Å²) in [5, 5.41) is 2.11. The van der Waals surface area contributed by atoms with Crippen molar-refractivity contribution in [2.75, 3.05) is 12.0 Å². The van der Waals surface area contributed by atoms with Gasteiger partial charge in [0.05, 0.1) is 17.7 Å². The van der Waals surface area contributed by atoms with Crippen molar-refractivity contribution in [3.8, 4) is 11.8 Å². The molecule has 0 bridgehead atoms. The Labute approximate surface area is 219 Å². The molecule has 0 radical (unpaired) electrons. The summed E-state index contributed by atoms with van der Waals surface area (Å²) in [7, 11) is 1.40. The van der Waals surface area contributed by atoms with Gasteiger partial charge in [0.1, 0.15) is 4.88 Å². The fourth-order valence-electron chi connectivity index (χ4n) is 5.38. The molecular formula is C28H40N4O3S. The molecule has 0 saturated heterocycles. The molecule has 1 aromatic heterocycles. The first-order valence-corrected chi connectivity index (χ1v) is 14.0. The molecule has 2 heterocycles. The van der Waals surface area contributed by atoms with Crippen LogP contribution in [-0.4, -0.2) is 36.1 Å². The molecule has 0 spiro atoms. The van der Waals surface area contributed by atoms with E-state index in [9.17, 15) is 9.59 Å². The molecular weight excluding hydrogens is 472 g/mol. The highest BCUT2D eigenvalue weighted by Crippen LogP contribution is 2.39. The first-order chi connectivity index (χ1) is 17.2. The summed E-state index contributed by atoms with van der Waals surface area (Å²) in [4.78, 5) is 30.2. The summed E-state index contributed by atoms with van der Waals surface area (Å²) < 4.78 is 5.15. The second-order valence-corrected chi connectivity index (χ2v) is 12.5. The average molecular weight is 513 g/mol. The summed E-state index contributed by atoms with van der Waals surface area (Å²) >= 11 is 1.33. The number of ether oxygens (including phenoxy) is 1. The van der Waals surface area contributed by atoms with Crippen LogP contribution in [0, 0.1) is 29.1 Å². The third kappa shape index (κ3) is 6.24. The number of hydrogen-bond donors (Lipinski definition) is 2. The molecule has 2 aliphatic carbocycles. The summed E-state index contributed by atoms with van der Waals surface area (Å²) in [6.45, 7) is 8.46. The summed E-state index contributed by atoms with van der Waals surface area (Å²) in [5.41, 5.74) is 6.69. The van der Waals surface area contributed by atoms with Crippen LogP contribution in [0.1, 0.15) is 93.6 Å². The lowest BCUT2D eigenvalue weighted by Gasteiger charge is -2.41. The van der Waals surface area contributed by atoms with Crippen LogP contribution in [0.4, 0.5) is 5.69 Å². The van der Waals surface area contributed by atoms with E-state index in [0.29, 0.717) is 22.5 Å². The molecule has 4 rings (SSSR count). The van der Waals surface area contributed by atoms with E-state index in [4.69, 9.17) is 4.74 Å². The predicted octanol–water partition coefficient (Wildman–Crippen LogP) is 5.20. The number of carbonyl (C=O) groups excluding carboxylic acids is 2. The second-order valence-electron chi connectivity index (χ2n) is 11.4. The Hall–Kier alpha value is -2.50. The molecule has 1 amide bonds. The topological polar surface area (TPSA) is 73.9 Å². The number of amides is 1. The van der Waals surface area contributed by atoms with Gasteiger partial charge in [0.15, 0.2) is 0 Å². The fourth-order valence-corrected chi connectivity index (χ4v) is 6.30. The number of hydrogen-bond acceptors (Lipinski definition) is 7. The molecule has 0 aromatic carbocycles. The van der Waals surface area contributed by atoms with Crippen molar-refractivity contribution in [2.24, 2.45) is 17.3 Å². The first-order valence-electron chi connectivity index (χ1n) is 13.2. The summed E-state index contributed by atoms with van der Waals surface area (Å²) in [6.07, 6.45) is 11.6. The van der Waals surface area contributed by atoms with Crippen molar-refractivity contribution >= 4 is 28.9 Å². The van der Waals surface area contributed by atoms with Crippen LogP contribution in [0.3, 0.4) is 0 Å². The lowest BCUT2D eigenvalue weighted by molar-refractivity contribution is -0.124. The van der Waals surface area contributed by atoms with Crippen LogP contribution >= 0.6 is 11.3 Å². The van der Waals surface area contributed by atoms with Gasteiger partial charge < -0.3 is 15.1 Å². The van der Waals surface area contributed by atoms with Crippen molar-refractivity contribution in [2.45, 2.75) is 91.1 Å². The molecule has 1 aliphatic heterocycles. The molecule has 196 valence electrons. The maximum Gasteiger partial charge on any atom is 0.350 e. The minimum absolute atomic E-state index is 0.000752. The lowest BCUT2D eigenvalue weighted by atomic mass is 9.81. The first kappa shape index (κ1) is 26.6. The van der Waals surface area contributed by atoms with E-state index in [1.54, 1.807) is 0 Å². The van der Waals surface area contributed by atoms with E-state index in [2.05, 4.69) is 55.5 Å². The number of carbonyl (C=O) groups is 2. The fraction of sp³-hybridized carbons (Fsp3) is 0.643. The number of esters is 1. The van der Waals surface area contributed by atoms with Gasteiger partial charge in [-0.25, -0.2) is 4.79 Å². The number of rotatable bonds is 5. The standard InChI is InChI=1S/C28H40N4O3S/c1-19-6-8-20(9-7-19)26(33)32(22-12-10-21(11-13-22)31-17-16-29-30-31)24-18-23(14-15-28(2,3)4)36-25(24)27(34)35-5/h16-22,29-30H,6-13H2,1-5H3. The number of anilines is 1. The highest BCUT2D eigenvalue weighted by molar-refractivity contribution is 7.15. The summed E-state index contributed by atoms with van der Waals surface area (Å²) in [6, 6.07) is 2.37. The van der Waals surface area contributed by atoms with Gasteiger partial charge in [-0.1, -0.05) is 18.8 Å². The van der Waals surface area contributed by atoms with Gasteiger partial charge in [0.25, 0.3) is 0 Å². The largest absolute Gasteiger partial charge is 0.465 e. The van der Waals surface area contributed by atoms with E-state index < -0.39 is 5.97 Å². The highest BCUT2D eigenvalue weighted by atomic mass is 32.1. The lowest BCUT2D eigenvalue weighted by Crippen LogP contribution is -2.50. The molecule has 36 heavy (non-hydrogen) atoms. The molecule has 0 unspecified atom stereocenters. The van der Waals surface area contributed by atoms with Crippen LogP contribution in [0.25, 0.3) is 0 Å². The van der Waals surface area contributed by atoms with Gasteiger partial charge in [-0.15, -0.1) is 16.9 Å². The van der Waals surface area contributed by atoms with E-state index in [1.807, 2.05) is 23.4 Å². The third-order valence-corrected chi connectivity index (χ3v) is 8.46. The number of nitrogens with one attached hydrogen (secondary N) is 2. The molecule has 7 nitrogen and oxygen atoms in total. The van der Waals surface area contributed by atoms with Gasteiger partial charge in [-0.3, -0.25) is 9.80 Å². The molecule has 8 heteroatoms. The van der Waals surface area contributed by atoms with Crippen molar-refractivity contribution in [3.05, 3.63) is 28.2 Å². The molecule has 1 aromatic rings. The number of methoxy groups -OCH3 is 1. The Bertz CT molecular complexity index is 1030. The van der Waals surface area contributed by atoms with Gasteiger partial charge in [-0.2, -0.15) is 0 Å². The van der Waals surface area contributed by atoms with E-state index in [-0.39, 0.29) is 23.3 Å². The molecule has 2 fully saturated rings. The molecule has 2 saturated carbocycles. The Kier molecular flexibility index (Phi) is 8.31. The van der Waals surface area contributed by atoms with E-state index in [0.717, 1.165) is 56.2 Å². The van der Waals surface area contributed by atoms with Crippen LogP contribution in [0.15, 0.2) is 18.5 Å². The van der Waals surface area contributed by atoms with Crippen molar-refractivity contribution in [1.29, 1.82) is 0 Å². The molecule has 3 aliphatic rings. The molecule has 2 N–H and O–H groups in total. The highest BCUT2D eigenvalue weighted by Gasteiger charge is 2.38.